The average molecular weight is 485 g/mol. The summed E-state index contributed by atoms with van der Waals surface area (Å²) < 4.78 is 5.89. The summed E-state index contributed by atoms with van der Waals surface area (Å²) >= 11 is 0. The summed E-state index contributed by atoms with van der Waals surface area (Å²) in [5.41, 5.74) is 3.86. The maximum absolute atomic E-state index is 10.4. The van der Waals surface area contributed by atoms with E-state index in [-0.39, 0.29) is 29.4 Å². The zero-order valence-electron chi connectivity index (χ0n) is 16.5. The topological polar surface area (TPSA) is 65.9 Å². The maximum Gasteiger partial charge on any atom is 0.191 e. The molecule has 0 radical (unpaired) electrons. The van der Waals surface area contributed by atoms with E-state index in [1.165, 1.54) is 24.0 Å². The Morgan fingerprint density at radius 3 is 2.85 bits per heavy atom. The Morgan fingerprint density at radius 1 is 1.30 bits per heavy atom. The molecule has 4 rings (SSSR count). The molecule has 0 aromatic heterocycles. The maximum atomic E-state index is 10.4. The summed E-state index contributed by atoms with van der Waals surface area (Å²) in [5, 5.41) is 17.4. The van der Waals surface area contributed by atoms with Crippen LogP contribution < -0.4 is 10.6 Å². The van der Waals surface area contributed by atoms with Crippen molar-refractivity contribution in [1.82, 2.24) is 10.6 Å². The fourth-order valence-corrected chi connectivity index (χ4v) is 5.22. The lowest BCUT2D eigenvalue weighted by atomic mass is 9.57. The van der Waals surface area contributed by atoms with Gasteiger partial charge in [-0.25, -0.2) is 0 Å². The molecule has 0 spiro atoms. The summed E-state index contributed by atoms with van der Waals surface area (Å²) in [4.78, 5) is 4.42. The van der Waals surface area contributed by atoms with Gasteiger partial charge in [0.1, 0.15) is 5.75 Å². The fourth-order valence-electron chi connectivity index (χ4n) is 5.22. The molecule has 6 heteroatoms. The van der Waals surface area contributed by atoms with Crippen molar-refractivity contribution >= 4 is 29.9 Å². The highest BCUT2D eigenvalue weighted by Gasteiger charge is 2.59. The third-order valence-corrected chi connectivity index (χ3v) is 6.68. The predicted molar refractivity (Wildman–Crippen MR) is 119 cm³/mol. The molecule has 2 aliphatic carbocycles. The van der Waals surface area contributed by atoms with Crippen molar-refractivity contribution in [1.29, 1.82) is 0 Å². The molecule has 150 valence electrons. The van der Waals surface area contributed by atoms with Gasteiger partial charge in [0.15, 0.2) is 5.96 Å². The minimum absolute atomic E-state index is 0. The van der Waals surface area contributed by atoms with Gasteiger partial charge in [0.05, 0.1) is 6.10 Å². The third-order valence-electron chi connectivity index (χ3n) is 6.68. The average Bonchev–Trinajstić information content (AvgIpc) is 3.10. The smallest absolute Gasteiger partial charge is 0.191 e. The first-order chi connectivity index (χ1) is 12.5. The van der Waals surface area contributed by atoms with Crippen LogP contribution in [0.4, 0.5) is 0 Å². The molecule has 1 saturated carbocycles. The third kappa shape index (κ3) is 3.67. The Labute approximate surface area is 179 Å². The molecular formula is C21H32IN3O2. The summed E-state index contributed by atoms with van der Waals surface area (Å²) in [7, 11) is 1.81. The number of halogens is 1. The number of guanidine groups is 1. The number of aryl methyl sites for hydroxylation is 1. The fraction of sp³-hybridized carbons (Fsp3) is 0.667. The van der Waals surface area contributed by atoms with Crippen LogP contribution in [-0.4, -0.2) is 36.9 Å². The molecule has 3 N–H and O–H groups in total. The van der Waals surface area contributed by atoms with Gasteiger partial charge in [-0.2, -0.15) is 0 Å². The minimum Gasteiger partial charge on any atom is -0.508 e. The SMILES string of the molecule is CN=C(NCc1c(O)ccc2c1CCCC2)NC1C2CCOC2C1(C)C.I. The largest absolute Gasteiger partial charge is 0.508 e. The van der Waals surface area contributed by atoms with Gasteiger partial charge in [0.25, 0.3) is 0 Å². The van der Waals surface area contributed by atoms with Crippen LogP contribution in [-0.2, 0) is 24.1 Å². The number of hydrogen-bond acceptors (Lipinski definition) is 3. The van der Waals surface area contributed by atoms with E-state index < -0.39 is 0 Å². The van der Waals surface area contributed by atoms with Gasteiger partial charge >= 0.3 is 0 Å². The second-order valence-electron chi connectivity index (χ2n) is 8.52. The molecular weight excluding hydrogens is 453 g/mol. The van der Waals surface area contributed by atoms with Crippen LogP contribution in [0, 0.1) is 11.3 Å². The molecule has 3 aliphatic rings. The van der Waals surface area contributed by atoms with Gasteiger partial charge in [-0.05, 0) is 49.3 Å². The monoisotopic (exact) mass is 485 g/mol. The number of benzene rings is 1. The molecule has 3 unspecified atom stereocenters. The van der Waals surface area contributed by atoms with Crippen molar-refractivity contribution in [3.8, 4) is 5.75 Å². The zero-order valence-corrected chi connectivity index (χ0v) is 18.9. The summed E-state index contributed by atoms with van der Waals surface area (Å²) in [6, 6.07) is 4.30. The van der Waals surface area contributed by atoms with Crippen LogP contribution in [0.3, 0.4) is 0 Å². The van der Waals surface area contributed by atoms with Crippen LogP contribution in [0.1, 0.15) is 49.8 Å². The van der Waals surface area contributed by atoms with Gasteiger partial charge in [-0.15, -0.1) is 24.0 Å². The van der Waals surface area contributed by atoms with E-state index in [4.69, 9.17) is 4.74 Å². The minimum atomic E-state index is 0. The highest BCUT2D eigenvalue weighted by atomic mass is 127. The van der Waals surface area contributed by atoms with Crippen molar-refractivity contribution in [3.05, 3.63) is 28.8 Å². The molecule has 2 fully saturated rings. The van der Waals surface area contributed by atoms with Crippen molar-refractivity contribution < 1.29 is 9.84 Å². The lowest BCUT2D eigenvalue weighted by Gasteiger charge is -2.54. The first-order valence-electron chi connectivity index (χ1n) is 9.93. The molecule has 3 atom stereocenters. The lowest BCUT2D eigenvalue weighted by Crippen LogP contribution is -2.67. The van der Waals surface area contributed by atoms with E-state index in [1.807, 2.05) is 13.1 Å². The first kappa shape index (κ1) is 20.7. The van der Waals surface area contributed by atoms with Gasteiger partial charge in [-0.1, -0.05) is 19.9 Å². The molecule has 1 heterocycles. The summed E-state index contributed by atoms with van der Waals surface area (Å²) in [5.74, 6) is 1.77. The lowest BCUT2D eigenvalue weighted by molar-refractivity contribution is -0.106. The number of phenols is 1. The van der Waals surface area contributed by atoms with Crippen molar-refractivity contribution in [2.45, 2.75) is 64.6 Å². The normalized spacial score (nSPS) is 28.4. The number of hydrogen-bond donors (Lipinski definition) is 3. The highest BCUT2D eigenvalue weighted by Crippen LogP contribution is 2.52. The first-order valence-corrected chi connectivity index (χ1v) is 9.93. The molecule has 1 aromatic carbocycles. The number of fused-ring (bicyclic) bond motifs is 2. The molecule has 0 bridgehead atoms. The van der Waals surface area contributed by atoms with Crippen LogP contribution in [0.15, 0.2) is 17.1 Å². The molecule has 27 heavy (non-hydrogen) atoms. The number of nitrogens with one attached hydrogen (secondary N) is 2. The Morgan fingerprint density at radius 2 is 2.07 bits per heavy atom. The quantitative estimate of drug-likeness (QED) is 0.349. The summed E-state index contributed by atoms with van der Waals surface area (Å²) in [6.07, 6.45) is 6.11. The van der Waals surface area contributed by atoms with E-state index in [0.717, 1.165) is 37.4 Å². The van der Waals surface area contributed by atoms with Crippen LogP contribution >= 0.6 is 24.0 Å². The number of ether oxygens (including phenoxy) is 1. The molecule has 1 saturated heterocycles. The van der Waals surface area contributed by atoms with E-state index in [2.05, 4.69) is 35.5 Å². The van der Waals surface area contributed by atoms with E-state index in [9.17, 15) is 5.11 Å². The number of aliphatic imine (C=N–C) groups is 1. The van der Waals surface area contributed by atoms with Crippen LogP contribution in [0.25, 0.3) is 0 Å². The second-order valence-corrected chi connectivity index (χ2v) is 8.52. The summed E-state index contributed by atoms with van der Waals surface area (Å²) in [6.45, 7) is 6.01. The second kappa shape index (κ2) is 8.15. The number of rotatable bonds is 3. The van der Waals surface area contributed by atoms with Crippen molar-refractivity contribution in [2.75, 3.05) is 13.7 Å². The Kier molecular flexibility index (Phi) is 6.25. The van der Waals surface area contributed by atoms with Crippen molar-refractivity contribution in [2.24, 2.45) is 16.3 Å². The van der Waals surface area contributed by atoms with Crippen LogP contribution in [0.2, 0.25) is 0 Å². The standard InChI is InChI=1S/C21H31N3O2.HI/c1-21(2)18(15-10-11-26-19(15)21)24-20(22-3)23-12-16-14-7-5-4-6-13(14)8-9-17(16)25;/h8-9,15,18-19,25H,4-7,10-12H2,1-3H3,(H2,22,23,24);1H. The number of nitrogens with zero attached hydrogens (tertiary/aromatic N) is 1. The number of phenolic OH excluding ortho intramolecular Hbond substituents is 1. The molecule has 1 aliphatic heterocycles. The predicted octanol–water partition coefficient (Wildman–Crippen LogP) is 3.37. The van der Waals surface area contributed by atoms with Gasteiger partial charge in [0.2, 0.25) is 0 Å². The van der Waals surface area contributed by atoms with Gasteiger partial charge in [-0.3, -0.25) is 4.99 Å². The Hall–Kier alpha value is -1.02. The molecule has 0 amide bonds. The highest BCUT2D eigenvalue weighted by molar-refractivity contribution is 14.0. The van der Waals surface area contributed by atoms with Crippen molar-refractivity contribution in [3.63, 3.8) is 0 Å². The zero-order chi connectivity index (χ0) is 18.3. The number of aromatic hydroxyl groups is 1. The Bertz CT molecular complexity index is 720. The molecule has 1 aromatic rings. The van der Waals surface area contributed by atoms with Gasteiger partial charge < -0.3 is 20.5 Å². The van der Waals surface area contributed by atoms with E-state index >= 15 is 0 Å². The molecule has 5 nitrogen and oxygen atoms in total. The van der Waals surface area contributed by atoms with E-state index in [0.29, 0.717) is 30.4 Å². The Balaban J connectivity index is 0.00000210. The van der Waals surface area contributed by atoms with Crippen LogP contribution in [0.5, 0.6) is 5.75 Å². The van der Waals surface area contributed by atoms with E-state index in [1.54, 1.807) is 0 Å². The van der Waals surface area contributed by atoms with Gasteiger partial charge in [0, 0.05) is 43.1 Å².